The largest absolute Gasteiger partial charge is 0.344 e. The molecule has 12 aromatic rings. The Morgan fingerprint density at radius 3 is 0.983 bits per heavy atom. The first-order valence-electron chi connectivity index (χ1n) is 20.1. The Kier molecular flexibility index (Phi) is 6.86. The highest BCUT2D eigenvalue weighted by molar-refractivity contribution is 6.27. The lowest BCUT2D eigenvalue weighted by molar-refractivity contribution is 0.964. The van der Waals surface area contributed by atoms with Crippen LogP contribution in [0.4, 0.5) is 0 Å². The van der Waals surface area contributed by atoms with Crippen molar-refractivity contribution >= 4 is 75.9 Å². The molecule has 4 aromatic heterocycles. The SMILES string of the molecule is Cn1c(-c2c(-c3c4ccccc4c(-c4c(-c5cc6ccccc6n5C)c5ccccc5n4C)c4cc5ccccc5cc34)n(C)c3ccccc23)cc2ccccc21. The molecule has 0 fully saturated rings. The Hall–Kier alpha value is -7.30. The summed E-state index contributed by atoms with van der Waals surface area (Å²) in [4.78, 5) is 0. The fourth-order valence-electron chi connectivity index (χ4n) is 10.3. The van der Waals surface area contributed by atoms with E-state index in [1.165, 1.54) is 121 Å². The van der Waals surface area contributed by atoms with E-state index in [0.29, 0.717) is 0 Å². The standard InChI is InChI=1S/C54H40N4/c1-55-43-25-13-7-19-35(43)31-47(55)51-39-23-11-15-27-45(39)57(3)53(51)49-37-21-9-10-22-38(37)50(42-30-34-18-6-5-17-33(34)29-41(42)49)54-52(40-24-12-16-28-46(40)58(54)4)48-32-36-20-8-14-26-44(36)56(48)2/h5-32H,1-4H3. The van der Waals surface area contributed by atoms with E-state index in [0.717, 1.165) is 0 Å². The molecule has 0 aliphatic carbocycles. The van der Waals surface area contributed by atoms with Gasteiger partial charge in [0.25, 0.3) is 0 Å². The molecule has 0 unspecified atom stereocenters. The molecule has 0 saturated carbocycles. The van der Waals surface area contributed by atoms with Crippen LogP contribution in [0.25, 0.3) is 121 Å². The van der Waals surface area contributed by atoms with E-state index in [4.69, 9.17) is 0 Å². The summed E-state index contributed by atoms with van der Waals surface area (Å²) in [6, 6.07) is 62.9. The van der Waals surface area contributed by atoms with Crippen molar-refractivity contribution in [3.8, 4) is 45.0 Å². The average molecular weight is 745 g/mol. The summed E-state index contributed by atoms with van der Waals surface area (Å²) in [6.07, 6.45) is 0. The van der Waals surface area contributed by atoms with Crippen molar-refractivity contribution in [2.24, 2.45) is 28.2 Å². The number of nitrogens with zero attached hydrogens (tertiary/aromatic N) is 4. The summed E-state index contributed by atoms with van der Waals surface area (Å²) >= 11 is 0. The van der Waals surface area contributed by atoms with Gasteiger partial charge in [-0.05, 0) is 80.8 Å². The molecule has 58 heavy (non-hydrogen) atoms. The van der Waals surface area contributed by atoms with Crippen molar-refractivity contribution in [2.75, 3.05) is 0 Å². The first-order chi connectivity index (χ1) is 28.5. The van der Waals surface area contributed by atoms with Crippen molar-refractivity contribution in [1.29, 1.82) is 0 Å². The number of para-hydroxylation sites is 4. The number of aromatic nitrogens is 4. The van der Waals surface area contributed by atoms with Gasteiger partial charge in [0.2, 0.25) is 0 Å². The molecule has 0 spiro atoms. The summed E-state index contributed by atoms with van der Waals surface area (Å²) in [5.74, 6) is 0. The molecule has 0 aliphatic heterocycles. The first kappa shape index (κ1) is 32.9. The zero-order chi connectivity index (χ0) is 38.8. The number of fused-ring (bicyclic) bond motifs is 7. The fourth-order valence-corrected chi connectivity index (χ4v) is 10.3. The minimum Gasteiger partial charge on any atom is -0.344 e. The summed E-state index contributed by atoms with van der Waals surface area (Å²) in [6.45, 7) is 0. The zero-order valence-corrected chi connectivity index (χ0v) is 33.0. The topological polar surface area (TPSA) is 19.7 Å². The van der Waals surface area contributed by atoms with Crippen LogP contribution in [0.5, 0.6) is 0 Å². The smallest absolute Gasteiger partial charge is 0.0596 e. The maximum Gasteiger partial charge on any atom is 0.0596 e. The molecule has 4 heteroatoms. The Morgan fingerprint density at radius 2 is 0.586 bits per heavy atom. The molecule has 0 saturated heterocycles. The molecule has 0 N–H and O–H groups in total. The van der Waals surface area contributed by atoms with Crippen LogP contribution in [0, 0.1) is 0 Å². The molecular formula is C54H40N4. The Morgan fingerprint density at radius 1 is 0.259 bits per heavy atom. The van der Waals surface area contributed by atoms with Crippen LogP contribution in [0.1, 0.15) is 0 Å². The lowest BCUT2D eigenvalue weighted by Gasteiger charge is -2.21. The fraction of sp³-hybridized carbons (Fsp3) is 0.0741. The highest BCUT2D eigenvalue weighted by Gasteiger charge is 2.29. The molecule has 8 aromatic carbocycles. The number of hydrogen-bond acceptors (Lipinski definition) is 0. The molecule has 0 amide bonds. The van der Waals surface area contributed by atoms with Crippen molar-refractivity contribution in [2.45, 2.75) is 0 Å². The number of aryl methyl sites for hydroxylation is 4. The van der Waals surface area contributed by atoms with Gasteiger partial charge in [-0.25, -0.2) is 0 Å². The third-order valence-corrected chi connectivity index (χ3v) is 13.0. The minimum absolute atomic E-state index is 1.21. The highest BCUT2D eigenvalue weighted by Crippen LogP contribution is 2.52. The Balaban J connectivity index is 1.30. The number of hydrogen-bond donors (Lipinski definition) is 0. The summed E-state index contributed by atoms with van der Waals surface area (Å²) in [5, 5.41) is 12.4. The van der Waals surface area contributed by atoms with Crippen LogP contribution in [0.15, 0.2) is 170 Å². The third kappa shape index (κ3) is 4.40. The van der Waals surface area contributed by atoms with Crippen LogP contribution in [-0.4, -0.2) is 18.3 Å². The maximum absolute atomic E-state index is 2.46. The van der Waals surface area contributed by atoms with Crippen molar-refractivity contribution in [3.05, 3.63) is 170 Å². The lowest BCUT2D eigenvalue weighted by Crippen LogP contribution is -2.01. The van der Waals surface area contributed by atoms with Crippen molar-refractivity contribution in [3.63, 3.8) is 0 Å². The second kappa shape index (κ2) is 12.1. The molecule has 276 valence electrons. The van der Waals surface area contributed by atoms with E-state index in [-0.39, 0.29) is 0 Å². The van der Waals surface area contributed by atoms with Crippen LogP contribution in [0.3, 0.4) is 0 Å². The van der Waals surface area contributed by atoms with Crippen LogP contribution >= 0.6 is 0 Å². The zero-order valence-electron chi connectivity index (χ0n) is 33.0. The minimum atomic E-state index is 1.21. The van der Waals surface area contributed by atoms with Crippen molar-refractivity contribution in [1.82, 2.24) is 18.3 Å². The second-order valence-corrected chi connectivity index (χ2v) is 15.9. The predicted molar refractivity (Wildman–Crippen MR) is 247 cm³/mol. The predicted octanol–water partition coefficient (Wildman–Crippen LogP) is 13.8. The van der Waals surface area contributed by atoms with Gasteiger partial charge in [0.1, 0.15) is 0 Å². The summed E-state index contributed by atoms with van der Waals surface area (Å²) < 4.78 is 9.63. The van der Waals surface area contributed by atoms with E-state index in [9.17, 15) is 0 Å². The van der Waals surface area contributed by atoms with Crippen molar-refractivity contribution < 1.29 is 0 Å². The molecule has 0 aliphatic rings. The molecule has 0 atom stereocenters. The van der Waals surface area contributed by atoms with E-state index in [1.807, 2.05) is 0 Å². The molecule has 4 nitrogen and oxygen atoms in total. The van der Waals surface area contributed by atoms with E-state index in [1.54, 1.807) is 0 Å². The second-order valence-electron chi connectivity index (χ2n) is 15.9. The maximum atomic E-state index is 2.46. The first-order valence-corrected chi connectivity index (χ1v) is 20.1. The molecule has 0 radical (unpaired) electrons. The van der Waals surface area contributed by atoms with Crippen LogP contribution in [0.2, 0.25) is 0 Å². The summed E-state index contributed by atoms with van der Waals surface area (Å²) in [5.41, 5.74) is 14.8. The normalized spacial score (nSPS) is 12.1. The Bertz CT molecular complexity index is 3430. The van der Waals surface area contributed by atoms with E-state index >= 15 is 0 Å². The molecule has 0 bridgehead atoms. The average Bonchev–Trinajstić information content (AvgIpc) is 3.96. The Labute approximate surface area is 336 Å². The quantitative estimate of drug-likeness (QED) is 0.160. The monoisotopic (exact) mass is 744 g/mol. The van der Waals surface area contributed by atoms with Gasteiger partial charge in [-0.1, -0.05) is 121 Å². The van der Waals surface area contributed by atoms with Gasteiger partial charge in [-0.3, -0.25) is 0 Å². The van der Waals surface area contributed by atoms with Gasteiger partial charge >= 0.3 is 0 Å². The lowest BCUT2D eigenvalue weighted by atomic mass is 9.85. The highest BCUT2D eigenvalue weighted by atomic mass is 15.0. The van der Waals surface area contributed by atoms with Gasteiger partial charge in [0.15, 0.2) is 0 Å². The molecule has 12 rings (SSSR count). The van der Waals surface area contributed by atoms with E-state index < -0.39 is 0 Å². The van der Waals surface area contributed by atoms with Gasteiger partial charge < -0.3 is 18.3 Å². The molecular weight excluding hydrogens is 705 g/mol. The van der Waals surface area contributed by atoms with E-state index in [2.05, 4.69) is 216 Å². The third-order valence-electron chi connectivity index (χ3n) is 13.0. The summed E-state index contributed by atoms with van der Waals surface area (Å²) in [7, 11) is 8.93. The van der Waals surface area contributed by atoms with Gasteiger partial charge in [0, 0.05) is 94.1 Å². The number of rotatable bonds is 4. The molecule has 4 heterocycles. The van der Waals surface area contributed by atoms with Gasteiger partial charge in [-0.15, -0.1) is 0 Å². The van der Waals surface area contributed by atoms with Gasteiger partial charge in [-0.2, -0.15) is 0 Å². The van der Waals surface area contributed by atoms with Crippen LogP contribution < -0.4 is 0 Å². The van der Waals surface area contributed by atoms with Crippen LogP contribution in [-0.2, 0) is 28.2 Å². The van der Waals surface area contributed by atoms with Gasteiger partial charge in [0.05, 0.1) is 22.8 Å². The number of benzene rings is 8.